The van der Waals surface area contributed by atoms with Crippen molar-refractivity contribution in [2.75, 3.05) is 0 Å². The summed E-state index contributed by atoms with van der Waals surface area (Å²) in [5.74, 6) is 5.42. The monoisotopic (exact) mass is 258 g/mol. The van der Waals surface area contributed by atoms with Gasteiger partial charge < -0.3 is 0 Å². The van der Waals surface area contributed by atoms with Gasteiger partial charge in [-0.05, 0) is 85.3 Å². The maximum Gasteiger partial charge on any atom is 0.0248 e. The second kappa shape index (κ2) is 5.28. The van der Waals surface area contributed by atoms with Crippen LogP contribution in [0.2, 0.25) is 0 Å². The van der Waals surface area contributed by atoms with Crippen molar-refractivity contribution in [2.24, 2.45) is 0 Å². The number of aryl methyl sites for hydroxylation is 4. The molecular formula is C20H18. The molecule has 0 aliphatic carbocycles. The minimum atomic E-state index is 0.930. The summed E-state index contributed by atoms with van der Waals surface area (Å²) in [5, 5.41) is 0. The van der Waals surface area contributed by atoms with E-state index >= 15 is 0 Å². The summed E-state index contributed by atoms with van der Waals surface area (Å²) < 4.78 is 0. The first-order valence-electron chi connectivity index (χ1n) is 6.64. The highest BCUT2D eigenvalue weighted by Gasteiger charge is 2.12. The van der Waals surface area contributed by atoms with E-state index in [1.54, 1.807) is 0 Å². The Morgan fingerprint density at radius 2 is 0.850 bits per heavy atom. The van der Waals surface area contributed by atoms with Crippen molar-refractivity contribution in [2.45, 2.75) is 27.7 Å². The minimum absolute atomic E-state index is 0.930. The van der Waals surface area contributed by atoms with Crippen LogP contribution >= 0.6 is 0 Å². The summed E-state index contributed by atoms with van der Waals surface area (Å²) in [5.41, 5.74) is 9.22. The average molecular weight is 258 g/mol. The first kappa shape index (κ1) is 14.0. The quantitative estimate of drug-likeness (QED) is 0.658. The van der Waals surface area contributed by atoms with Crippen LogP contribution in [0, 0.1) is 52.4 Å². The SMILES string of the molecule is C#Cc1cc(C)c(-c2c(C)cc(C#C)cc2C)c(C)c1. The smallest absolute Gasteiger partial charge is 0.0248 e. The zero-order valence-electron chi connectivity index (χ0n) is 12.5. The Kier molecular flexibility index (Phi) is 3.69. The zero-order chi connectivity index (χ0) is 14.9. The molecule has 2 aromatic rings. The molecule has 0 fully saturated rings. The molecule has 0 radical (unpaired) electrons. The van der Waals surface area contributed by atoms with E-state index in [2.05, 4.69) is 63.8 Å². The third kappa shape index (κ3) is 2.34. The van der Waals surface area contributed by atoms with Crippen molar-refractivity contribution in [3.8, 4) is 35.8 Å². The Balaban J connectivity index is 2.77. The van der Waals surface area contributed by atoms with Gasteiger partial charge in [-0.15, -0.1) is 12.8 Å². The molecule has 2 rings (SSSR count). The average Bonchev–Trinajstić information content (AvgIpc) is 2.40. The summed E-state index contributed by atoms with van der Waals surface area (Å²) >= 11 is 0. The van der Waals surface area contributed by atoms with E-state index in [0.29, 0.717) is 0 Å². The molecule has 0 aliphatic heterocycles. The molecule has 0 atom stereocenters. The van der Waals surface area contributed by atoms with E-state index in [4.69, 9.17) is 12.8 Å². The van der Waals surface area contributed by atoms with Crippen LogP contribution < -0.4 is 0 Å². The fraction of sp³-hybridized carbons (Fsp3) is 0.200. The highest BCUT2D eigenvalue weighted by atomic mass is 14.2. The van der Waals surface area contributed by atoms with Crippen LogP contribution in [0.5, 0.6) is 0 Å². The van der Waals surface area contributed by atoms with Gasteiger partial charge in [0.25, 0.3) is 0 Å². The second-order valence-electron chi connectivity index (χ2n) is 5.26. The summed E-state index contributed by atoms with van der Waals surface area (Å²) in [7, 11) is 0. The lowest BCUT2D eigenvalue weighted by atomic mass is 9.87. The highest BCUT2D eigenvalue weighted by Crippen LogP contribution is 2.34. The molecule has 0 N–H and O–H groups in total. The second-order valence-corrected chi connectivity index (χ2v) is 5.26. The molecule has 2 aromatic carbocycles. The Bertz CT molecular complexity index is 648. The number of terminal acetylenes is 2. The molecule has 0 spiro atoms. The molecule has 0 amide bonds. The summed E-state index contributed by atoms with van der Waals surface area (Å²) in [6.07, 6.45) is 11.0. The van der Waals surface area contributed by atoms with E-state index in [1.165, 1.54) is 33.4 Å². The Hall–Kier alpha value is -2.44. The zero-order valence-corrected chi connectivity index (χ0v) is 12.5. The molecule has 0 saturated carbocycles. The van der Waals surface area contributed by atoms with Gasteiger partial charge in [-0.1, -0.05) is 11.8 Å². The van der Waals surface area contributed by atoms with Crippen molar-refractivity contribution in [3.63, 3.8) is 0 Å². The number of benzene rings is 2. The molecule has 98 valence electrons. The van der Waals surface area contributed by atoms with Crippen molar-refractivity contribution in [1.29, 1.82) is 0 Å². The number of hydrogen-bond donors (Lipinski definition) is 0. The van der Waals surface area contributed by atoms with Gasteiger partial charge in [0.2, 0.25) is 0 Å². The van der Waals surface area contributed by atoms with Gasteiger partial charge >= 0.3 is 0 Å². The van der Waals surface area contributed by atoms with Gasteiger partial charge in [-0.3, -0.25) is 0 Å². The van der Waals surface area contributed by atoms with Crippen LogP contribution in [0.1, 0.15) is 33.4 Å². The predicted molar refractivity (Wildman–Crippen MR) is 86.7 cm³/mol. The van der Waals surface area contributed by atoms with Gasteiger partial charge in [0.1, 0.15) is 0 Å². The molecule has 0 heterocycles. The maximum absolute atomic E-state index is 5.50. The third-order valence-electron chi connectivity index (χ3n) is 3.65. The Morgan fingerprint density at radius 3 is 1.05 bits per heavy atom. The molecule has 20 heavy (non-hydrogen) atoms. The van der Waals surface area contributed by atoms with E-state index in [1.807, 2.05) is 0 Å². The van der Waals surface area contributed by atoms with E-state index in [0.717, 1.165) is 11.1 Å². The normalized spacial score (nSPS) is 9.90. The van der Waals surface area contributed by atoms with Gasteiger partial charge in [-0.2, -0.15) is 0 Å². The van der Waals surface area contributed by atoms with Gasteiger partial charge in [0.15, 0.2) is 0 Å². The first-order valence-corrected chi connectivity index (χ1v) is 6.64. The lowest BCUT2D eigenvalue weighted by Crippen LogP contribution is -1.96. The van der Waals surface area contributed by atoms with Crippen LogP contribution in [0.3, 0.4) is 0 Å². The summed E-state index contributed by atoms with van der Waals surface area (Å²) in [6, 6.07) is 8.26. The van der Waals surface area contributed by atoms with Crippen molar-refractivity contribution in [3.05, 3.63) is 57.6 Å². The van der Waals surface area contributed by atoms with Gasteiger partial charge in [-0.25, -0.2) is 0 Å². The van der Waals surface area contributed by atoms with Gasteiger partial charge in [0, 0.05) is 11.1 Å². The van der Waals surface area contributed by atoms with Crippen molar-refractivity contribution >= 4 is 0 Å². The fourth-order valence-corrected chi connectivity index (χ4v) is 2.88. The summed E-state index contributed by atoms with van der Waals surface area (Å²) in [4.78, 5) is 0. The van der Waals surface area contributed by atoms with Crippen molar-refractivity contribution in [1.82, 2.24) is 0 Å². The molecule has 0 aromatic heterocycles. The predicted octanol–water partition coefficient (Wildman–Crippen LogP) is 4.55. The maximum atomic E-state index is 5.50. The van der Waals surface area contributed by atoms with Gasteiger partial charge in [0.05, 0.1) is 0 Å². The van der Waals surface area contributed by atoms with Crippen LogP contribution in [0.4, 0.5) is 0 Å². The lowest BCUT2D eigenvalue weighted by Gasteiger charge is -2.17. The van der Waals surface area contributed by atoms with Crippen LogP contribution in [-0.2, 0) is 0 Å². The van der Waals surface area contributed by atoms with Crippen LogP contribution in [-0.4, -0.2) is 0 Å². The molecule has 0 saturated heterocycles. The molecule has 0 heteroatoms. The number of hydrogen-bond acceptors (Lipinski definition) is 0. The molecular weight excluding hydrogens is 240 g/mol. The topological polar surface area (TPSA) is 0 Å². The number of rotatable bonds is 1. The van der Waals surface area contributed by atoms with Crippen molar-refractivity contribution < 1.29 is 0 Å². The molecule has 0 bridgehead atoms. The Morgan fingerprint density at radius 1 is 0.600 bits per heavy atom. The molecule has 0 nitrogen and oxygen atoms in total. The standard InChI is InChI=1S/C20H18/c1-7-17-9-13(3)19(14(4)10-17)20-15(5)11-18(8-2)12-16(20)6/h1-2,9-12H,3-6H3. The van der Waals surface area contributed by atoms with Crippen LogP contribution in [0.25, 0.3) is 11.1 Å². The van der Waals surface area contributed by atoms with E-state index < -0.39 is 0 Å². The fourth-order valence-electron chi connectivity index (χ4n) is 2.88. The van der Waals surface area contributed by atoms with Crippen LogP contribution in [0.15, 0.2) is 24.3 Å². The molecule has 0 aliphatic rings. The Labute approximate surface area is 121 Å². The minimum Gasteiger partial charge on any atom is -0.115 e. The summed E-state index contributed by atoms with van der Waals surface area (Å²) in [6.45, 7) is 8.43. The largest absolute Gasteiger partial charge is 0.115 e. The van der Waals surface area contributed by atoms with E-state index in [9.17, 15) is 0 Å². The first-order chi connectivity index (χ1) is 9.47. The van der Waals surface area contributed by atoms with E-state index in [-0.39, 0.29) is 0 Å². The third-order valence-corrected chi connectivity index (χ3v) is 3.65. The lowest BCUT2D eigenvalue weighted by molar-refractivity contribution is 1.30. The highest BCUT2D eigenvalue weighted by molar-refractivity contribution is 5.78. The molecule has 0 unspecified atom stereocenters.